The van der Waals surface area contributed by atoms with Gasteiger partial charge in [0, 0.05) is 24.5 Å². The molecule has 4 rings (SSSR count). The number of nitrogens with one attached hydrogen (secondary N) is 1. The standard InChI is InChI=1S/C24H24N2O2S/c1-17-10-11-22(29-17)24(28)26-13-12-25-23(27)21(16-26)15-18-6-5-9-20(14-18)19-7-3-2-4-8-19/h2-11,14,21H,12-13,15-16H2,1H3,(H,25,27)/t21-/m0/s1. The second kappa shape index (κ2) is 8.62. The maximum absolute atomic E-state index is 12.9. The van der Waals surface area contributed by atoms with E-state index in [0.29, 0.717) is 26.1 Å². The summed E-state index contributed by atoms with van der Waals surface area (Å²) in [6.45, 7) is 3.48. The Morgan fingerprint density at radius 1 is 1.07 bits per heavy atom. The average Bonchev–Trinajstić information content (AvgIpc) is 3.10. The van der Waals surface area contributed by atoms with E-state index in [0.717, 1.165) is 26.4 Å². The number of hydrogen-bond donors (Lipinski definition) is 1. The van der Waals surface area contributed by atoms with Gasteiger partial charge in [-0.15, -0.1) is 11.3 Å². The van der Waals surface area contributed by atoms with Crippen LogP contribution in [0, 0.1) is 12.8 Å². The molecule has 148 valence electrons. The lowest BCUT2D eigenvalue weighted by Crippen LogP contribution is -2.37. The second-order valence-corrected chi connectivity index (χ2v) is 8.71. The summed E-state index contributed by atoms with van der Waals surface area (Å²) in [4.78, 5) is 29.2. The lowest BCUT2D eigenvalue weighted by molar-refractivity contribution is -0.124. The first-order valence-corrected chi connectivity index (χ1v) is 10.7. The number of amides is 2. The third kappa shape index (κ3) is 4.57. The van der Waals surface area contributed by atoms with Gasteiger partial charge in [0.05, 0.1) is 10.8 Å². The fraction of sp³-hybridized carbons (Fsp3) is 0.250. The Morgan fingerprint density at radius 3 is 2.62 bits per heavy atom. The summed E-state index contributed by atoms with van der Waals surface area (Å²) in [7, 11) is 0. The largest absolute Gasteiger partial charge is 0.354 e. The topological polar surface area (TPSA) is 49.4 Å². The van der Waals surface area contributed by atoms with Crippen LogP contribution < -0.4 is 5.32 Å². The molecule has 0 spiro atoms. The highest BCUT2D eigenvalue weighted by atomic mass is 32.1. The minimum Gasteiger partial charge on any atom is -0.354 e. The quantitative estimate of drug-likeness (QED) is 0.710. The van der Waals surface area contributed by atoms with Crippen molar-refractivity contribution in [2.45, 2.75) is 13.3 Å². The molecule has 1 aromatic heterocycles. The Labute approximate surface area is 175 Å². The third-order valence-corrected chi connectivity index (χ3v) is 6.24. The minimum atomic E-state index is -0.256. The van der Waals surface area contributed by atoms with Gasteiger partial charge in [-0.3, -0.25) is 9.59 Å². The van der Waals surface area contributed by atoms with Crippen LogP contribution in [0.3, 0.4) is 0 Å². The van der Waals surface area contributed by atoms with Gasteiger partial charge in [0.25, 0.3) is 5.91 Å². The highest BCUT2D eigenvalue weighted by Gasteiger charge is 2.28. The molecule has 1 saturated heterocycles. The first-order chi connectivity index (χ1) is 14.1. The zero-order chi connectivity index (χ0) is 20.2. The lowest BCUT2D eigenvalue weighted by Gasteiger charge is -2.23. The first-order valence-electron chi connectivity index (χ1n) is 9.88. The number of aryl methyl sites for hydroxylation is 1. The Hall–Kier alpha value is -2.92. The maximum atomic E-state index is 12.9. The number of benzene rings is 2. The van der Waals surface area contributed by atoms with Crippen molar-refractivity contribution < 1.29 is 9.59 Å². The minimum absolute atomic E-state index is 0.0163. The lowest BCUT2D eigenvalue weighted by atomic mass is 9.95. The number of nitrogens with zero attached hydrogens (tertiary/aromatic N) is 1. The molecule has 2 heterocycles. The van der Waals surface area contributed by atoms with Gasteiger partial charge in [-0.1, -0.05) is 54.6 Å². The van der Waals surface area contributed by atoms with E-state index in [2.05, 4.69) is 35.6 Å². The molecule has 1 aliphatic heterocycles. The molecule has 4 nitrogen and oxygen atoms in total. The van der Waals surface area contributed by atoms with Crippen LogP contribution in [-0.4, -0.2) is 36.3 Å². The molecule has 2 amide bonds. The van der Waals surface area contributed by atoms with Crippen LogP contribution in [0.4, 0.5) is 0 Å². The zero-order valence-electron chi connectivity index (χ0n) is 16.4. The van der Waals surface area contributed by atoms with E-state index < -0.39 is 0 Å². The molecule has 3 aromatic rings. The maximum Gasteiger partial charge on any atom is 0.264 e. The van der Waals surface area contributed by atoms with Crippen molar-refractivity contribution in [1.82, 2.24) is 10.2 Å². The molecular weight excluding hydrogens is 380 g/mol. The van der Waals surface area contributed by atoms with Crippen LogP contribution in [-0.2, 0) is 11.2 Å². The van der Waals surface area contributed by atoms with Crippen LogP contribution >= 0.6 is 11.3 Å². The van der Waals surface area contributed by atoms with Gasteiger partial charge in [-0.25, -0.2) is 0 Å². The summed E-state index contributed by atoms with van der Waals surface area (Å²) in [5.41, 5.74) is 3.40. The Kier molecular flexibility index (Phi) is 5.76. The SMILES string of the molecule is Cc1ccc(C(=O)N2CCNC(=O)[C@@H](Cc3cccc(-c4ccccc4)c3)C2)s1. The number of hydrogen-bond acceptors (Lipinski definition) is 3. The molecule has 0 bridgehead atoms. The van der Waals surface area contributed by atoms with E-state index in [4.69, 9.17) is 0 Å². The van der Waals surface area contributed by atoms with Gasteiger partial charge in [0.15, 0.2) is 0 Å². The summed E-state index contributed by atoms with van der Waals surface area (Å²) < 4.78 is 0. The van der Waals surface area contributed by atoms with E-state index in [1.165, 1.54) is 11.3 Å². The van der Waals surface area contributed by atoms with Gasteiger partial charge in [0.1, 0.15) is 0 Å². The van der Waals surface area contributed by atoms with Crippen LogP contribution in [0.25, 0.3) is 11.1 Å². The monoisotopic (exact) mass is 404 g/mol. The van der Waals surface area contributed by atoms with E-state index in [9.17, 15) is 9.59 Å². The van der Waals surface area contributed by atoms with E-state index in [1.54, 1.807) is 0 Å². The van der Waals surface area contributed by atoms with Crippen molar-refractivity contribution in [1.29, 1.82) is 0 Å². The van der Waals surface area contributed by atoms with Gasteiger partial charge in [-0.2, -0.15) is 0 Å². The Morgan fingerprint density at radius 2 is 1.86 bits per heavy atom. The molecule has 2 aromatic carbocycles. The van der Waals surface area contributed by atoms with Crippen molar-refractivity contribution in [3.8, 4) is 11.1 Å². The van der Waals surface area contributed by atoms with Crippen LogP contribution in [0.5, 0.6) is 0 Å². The van der Waals surface area contributed by atoms with Crippen LogP contribution in [0.1, 0.15) is 20.1 Å². The third-order valence-electron chi connectivity index (χ3n) is 5.25. The molecule has 1 aliphatic rings. The fourth-order valence-corrected chi connectivity index (χ4v) is 4.57. The molecule has 0 aliphatic carbocycles. The van der Waals surface area contributed by atoms with Crippen molar-refractivity contribution in [3.63, 3.8) is 0 Å². The first kappa shape index (κ1) is 19.4. The number of carbonyl (C=O) groups is 2. The summed E-state index contributed by atoms with van der Waals surface area (Å²) in [6.07, 6.45) is 0.611. The molecule has 0 radical (unpaired) electrons. The highest BCUT2D eigenvalue weighted by Crippen LogP contribution is 2.23. The number of rotatable bonds is 4. The van der Waals surface area contributed by atoms with Crippen LogP contribution in [0.15, 0.2) is 66.7 Å². The van der Waals surface area contributed by atoms with Crippen molar-refractivity contribution >= 4 is 23.2 Å². The zero-order valence-corrected chi connectivity index (χ0v) is 17.2. The van der Waals surface area contributed by atoms with Gasteiger partial charge < -0.3 is 10.2 Å². The summed E-state index contributed by atoms with van der Waals surface area (Å²) in [5.74, 6) is -0.219. The van der Waals surface area contributed by atoms with Crippen molar-refractivity contribution in [2.24, 2.45) is 5.92 Å². The van der Waals surface area contributed by atoms with E-state index >= 15 is 0 Å². The number of thiophene rings is 1. The van der Waals surface area contributed by atoms with Crippen molar-refractivity contribution in [3.05, 3.63) is 82.0 Å². The molecule has 29 heavy (non-hydrogen) atoms. The second-order valence-electron chi connectivity index (χ2n) is 7.42. The predicted molar refractivity (Wildman–Crippen MR) is 117 cm³/mol. The smallest absolute Gasteiger partial charge is 0.264 e. The van der Waals surface area contributed by atoms with E-state index in [-0.39, 0.29) is 17.7 Å². The van der Waals surface area contributed by atoms with Crippen molar-refractivity contribution in [2.75, 3.05) is 19.6 Å². The molecule has 1 fully saturated rings. The van der Waals surface area contributed by atoms with Gasteiger partial charge in [-0.05, 0) is 42.2 Å². The molecular formula is C24H24N2O2S. The molecule has 5 heteroatoms. The fourth-order valence-electron chi connectivity index (χ4n) is 3.74. The Balaban J connectivity index is 1.52. The summed E-state index contributed by atoms with van der Waals surface area (Å²) in [6, 6.07) is 22.4. The molecule has 0 saturated carbocycles. The summed E-state index contributed by atoms with van der Waals surface area (Å²) >= 11 is 1.51. The van der Waals surface area contributed by atoms with E-state index in [1.807, 2.05) is 48.2 Å². The molecule has 0 unspecified atom stereocenters. The predicted octanol–water partition coefficient (Wildman–Crippen LogP) is 4.15. The Bertz CT molecular complexity index is 1010. The average molecular weight is 405 g/mol. The molecule has 1 N–H and O–H groups in total. The summed E-state index contributed by atoms with van der Waals surface area (Å²) in [5, 5.41) is 2.97. The van der Waals surface area contributed by atoms with Gasteiger partial charge in [0.2, 0.25) is 5.91 Å². The highest BCUT2D eigenvalue weighted by molar-refractivity contribution is 7.13. The number of carbonyl (C=O) groups excluding carboxylic acids is 2. The molecule has 1 atom stereocenters. The normalized spacial score (nSPS) is 16.9. The van der Waals surface area contributed by atoms with Crippen LogP contribution in [0.2, 0.25) is 0 Å². The van der Waals surface area contributed by atoms with Gasteiger partial charge >= 0.3 is 0 Å².